The van der Waals surface area contributed by atoms with Gasteiger partial charge < -0.3 is 34.9 Å². The normalized spacial score (nSPS) is 14.5. The number of urea groups is 2. The third-order valence-electron chi connectivity index (χ3n) is 11.9. The van der Waals surface area contributed by atoms with Crippen molar-refractivity contribution in [2.24, 2.45) is 0 Å². The van der Waals surface area contributed by atoms with Gasteiger partial charge in [-0.15, -0.1) is 5.10 Å². The van der Waals surface area contributed by atoms with E-state index in [9.17, 15) is 34.2 Å². The highest BCUT2D eigenvalue weighted by Crippen LogP contribution is 2.42. The Morgan fingerprint density at radius 2 is 1.70 bits per heavy atom. The number of para-hydroxylation sites is 1. The number of carboxylic acids is 1. The summed E-state index contributed by atoms with van der Waals surface area (Å²) < 4.78 is 13.5. The molecule has 0 atom stereocenters. The number of imide groups is 1. The Bertz CT molecular complexity index is 3050. The Morgan fingerprint density at radius 3 is 2.50 bits per heavy atom. The Hall–Kier alpha value is -7.76. The van der Waals surface area contributed by atoms with Gasteiger partial charge in [-0.1, -0.05) is 59.9 Å². The van der Waals surface area contributed by atoms with E-state index in [-0.39, 0.29) is 34.4 Å². The molecule has 0 radical (unpaired) electrons. The van der Waals surface area contributed by atoms with Crippen molar-refractivity contribution in [1.82, 2.24) is 25.2 Å². The molecule has 4 aliphatic rings. The summed E-state index contributed by atoms with van der Waals surface area (Å²) in [7, 11) is 0. The number of phenolic OH excluding ortho intramolecular Hbond substituents is 1. The van der Waals surface area contributed by atoms with E-state index in [0.29, 0.717) is 110 Å². The van der Waals surface area contributed by atoms with Gasteiger partial charge in [0.2, 0.25) is 0 Å². The van der Waals surface area contributed by atoms with Gasteiger partial charge in [0.1, 0.15) is 28.3 Å². The highest BCUT2D eigenvalue weighted by Gasteiger charge is 2.53. The molecule has 17 heteroatoms. The second-order valence-corrected chi connectivity index (χ2v) is 16.9. The van der Waals surface area contributed by atoms with Gasteiger partial charge in [0, 0.05) is 66.0 Å². The van der Waals surface area contributed by atoms with Crippen molar-refractivity contribution < 1.29 is 38.5 Å². The van der Waals surface area contributed by atoms with Crippen LogP contribution in [0.5, 0.6) is 5.75 Å². The number of ether oxygens (including phenoxy) is 1. The number of rotatable bonds is 14. The third kappa shape index (κ3) is 8.98. The smallest absolute Gasteiger partial charge is 0.336 e. The molecule has 9 rings (SSSR count). The molecule has 2 saturated heterocycles. The largest absolute Gasteiger partial charge is 0.508 e. The molecule has 16 nitrogen and oxygen atoms in total. The molecule has 4 aromatic carbocycles. The summed E-state index contributed by atoms with van der Waals surface area (Å²) in [5.41, 5.74) is 3.88. The maximum Gasteiger partial charge on any atom is 0.336 e. The number of benzene rings is 5. The summed E-state index contributed by atoms with van der Waals surface area (Å²) >= 11 is 5.69. The first-order valence-electron chi connectivity index (χ1n) is 21.4. The Labute approximate surface area is 382 Å². The molecule has 334 valence electrons. The van der Waals surface area contributed by atoms with Crippen LogP contribution in [-0.2, 0) is 22.5 Å². The van der Waals surface area contributed by atoms with Crippen molar-refractivity contribution in [1.29, 1.82) is 0 Å². The van der Waals surface area contributed by atoms with Crippen LogP contribution < -0.4 is 21.0 Å². The summed E-state index contributed by atoms with van der Waals surface area (Å²) in [5.74, 6) is -1.17. The zero-order chi connectivity index (χ0) is 46.0. The number of piperidine rings is 1. The zero-order valence-corrected chi connectivity index (χ0v) is 36.3. The fourth-order valence-electron chi connectivity index (χ4n) is 8.55. The molecule has 1 aliphatic carbocycles. The average molecular weight is 906 g/mol. The lowest BCUT2D eigenvalue weighted by Gasteiger charge is -2.37. The minimum absolute atomic E-state index is 0.0258. The zero-order valence-electron chi connectivity index (χ0n) is 35.4. The number of fused-ring (bicyclic) bond motifs is 2. The van der Waals surface area contributed by atoms with Crippen LogP contribution in [0.2, 0.25) is 0 Å². The lowest BCUT2D eigenvalue weighted by molar-refractivity contribution is -0.123. The molecule has 4 N–H and O–H groups in total. The van der Waals surface area contributed by atoms with Crippen LogP contribution in [0, 0.1) is 0 Å². The minimum Gasteiger partial charge on any atom is -0.508 e. The molecule has 0 unspecified atom stereocenters. The van der Waals surface area contributed by atoms with E-state index < -0.39 is 17.5 Å². The van der Waals surface area contributed by atoms with Gasteiger partial charge in [0.15, 0.2) is 5.43 Å². The summed E-state index contributed by atoms with van der Waals surface area (Å²) in [5, 5.41) is 35.4. The number of phenols is 1. The molecule has 2 fully saturated rings. The number of aromatic hydroxyl groups is 1. The molecule has 5 aromatic rings. The van der Waals surface area contributed by atoms with Gasteiger partial charge in [-0.25, -0.2) is 24.0 Å². The second-order valence-electron chi connectivity index (χ2n) is 16.3. The average Bonchev–Trinajstić information content (AvgIpc) is 3.88. The van der Waals surface area contributed by atoms with E-state index in [0.717, 1.165) is 16.0 Å². The molecule has 4 heterocycles. The van der Waals surface area contributed by atoms with Crippen molar-refractivity contribution in [2.45, 2.75) is 44.2 Å². The standard InChI is InChI=1S/C49H43N7O9S/c57-34-12-15-38-42(27-34)65-43-28-35(58)13-16-39(43)44(38)37-14-11-30(25-40(37)45(59)60)24-36(66)10-5-22-64-23-21-55-29-41(52-53-55)31-6-4-7-32(26-31)50-47(62)54-19-17-49(18-20-54)46(61)56(48(63)51-49)33-8-2-1-3-9-33/h1-4,6-9,11-16,25-29,57H,5,10,17-24H2,(H,50,62)(H,51,63)(H,59,60). The van der Waals surface area contributed by atoms with Crippen LogP contribution in [-0.4, -0.2) is 90.8 Å². The van der Waals surface area contributed by atoms with Gasteiger partial charge >= 0.3 is 18.0 Å². The minimum atomic E-state index is -1.12. The molecule has 5 amide bonds. The van der Waals surface area contributed by atoms with E-state index in [1.54, 1.807) is 70.4 Å². The topological polar surface area (TPSA) is 209 Å². The van der Waals surface area contributed by atoms with Crippen LogP contribution in [0.25, 0.3) is 44.7 Å². The lowest BCUT2D eigenvalue weighted by atomic mass is 9.87. The lowest BCUT2D eigenvalue weighted by Crippen LogP contribution is -2.56. The number of likely N-dealkylation sites (tertiary alicyclic amines) is 1. The molecular formula is C49H43N7O9S. The fourth-order valence-corrected chi connectivity index (χ4v) is 8.87. The van der Waals surface area contributed by atoms with E-state index in [1.165, 1.54) is 29.2 Å². The molecule has 0 saturated carbocycles. The Morgan fingerprint density at radius 1 is 0.894 bits per heavy atom. The SMILES string of the molecule is O=C(O)c1cc(CC(=S)CCCOCCn2cc(-c3cccc(NC(=O)N4CCC5(CC4)NC(=O)N(c4ccccc4)C5=O)c3)nn2)ccc1-c1c2ccc(=O)cc-2oc2cc(O)ccc12. The van der Waals surface area contributed by atoms with Crippen molar-refractivity contribution in [3.05, 3.63) is 137 Å². The van der Waals surface area contributed by atoms with Crippen molar-refractivity contribution in [3.8, 4) is 39.5 Å². The van der Waals surface area contributed by atoms with Gasteiger partial charge in [0.05, 0.1) is 30.6 Å². The van der Waals surface area contributed by atoms with Crippen LogP contribution in [0.15, 0.2) is 125 Å². The van der Waals surface area contributed by atoms with Gasteiger partial charge in [0.25, 0.3) is 5.91 Å². The Balaban J connectivity index is 0.734. The predicted molar refractivity (Wildman–Crippen MR) is 250 cm³/mol. The van der Waals surface area contributed by atoms with Gasteiger partial charge in [-0.2, -0.15) is 0 Å². The van der Waals surface area contributed by atoms with Crippen LogP contribution in [0.4, 0.5) is 21.0 Å². The highest BCUT2D eigenvalue weighted by molar-refractivity contribution is 7.80. The number of hydrogen-bond donors (Lipinski definition) is 4. The van der Waals surface area contributed by atoms with Gasteiger partial charge in [-0.3, -0.25) is 9.59 Å². The van der Waals surface area contributed by atoms with Crippen molar-refractivity contribution >= 4 is 63.4 Å². The molecule has 1 aromatic heterocycles. The summed E-state index contributed by atoms with van der Waals surface area (Å²) in [6.45, 7) is 1.88. The number of nitrogens with one attached hydrogen (secondary N) is 2. The highest BCUT2D eigenvalue weighted by atomic mass is 32.1. The monoisotopic (exact) mass is 905 g/mol. The number of amides is 5. The molecule has 0 bridgehead atoms. The van der Waals surface area contributed by atoms with E-state index in [1.807, 2.05) is 30.3 Å². The predicted octanol–water partition coefficient (Wildman–Crippen LogP) is 7.76. The van der Waals surface area contributed by atoms with Crippen molar-refractivity contribution in [2.75, 3.05) is 36.5 Å². The van der Waals surface area contributed by atoms with Crippen LogP contribution >= 0.6 is 12.2 Å². The third-order valence-corrected chi connectivity index (χ3v) is 12.2. The van der Waals surface area contributed by atoms with E-state index >= 15 is 0 Å². The summed E-state index contributed by atoms with van der Waals surface area (Å²) in [4.78, 5) is 67.8. The molecule has 3 aliphatic heterocycles. The van der Waals surface area contributed by atoms with Gasteiger partial charge in [-0.05, 0) is 96.3 Å². The number of carbonyl (C=O) groups is 4. The van der Waals surface area contributed by atoms with Crippen LogP contribution in [0.3, 0.4) is 0 Å². The van der Waals surface area contributed by atoms with E-state index in [2.05, 4.69) is 20.9 Å². The maximum atomic E-state index is 13.4. The van der Waals surface area contributed by atoms with E-state index in [4.69, 9.17) is 21.4 Å². The number of hydrogen-bond acceptors (Lipinski definition) is 11. The number of anilines is 2. The summed E-state index contributed by atoms with van der Waals surface area (Å²) in [6.07, 6.45) is 4.07. The molecular weight excluding hydrogens is 863 g/mol. The second kappa shape index (κ2) is 18.4. The number of aromatic nitrogens is 3. The first-order valence-corrected chi connectivity index (χ1v) is 21.8. The summed E-state index contributed by atoms with van der Waals surface area (Å²) in [6, 6.07) is 29.5. The quantitative estimate of drug-likeness (QED) is 0.0357. The number of carboxylic acid groups (broad SMARTS) is 1. The number of thiocarbonyl (C=S) groups is 1. The first-order chi connectivity index (χ1) is 31.9. The van der Waals surface area contributed by atoms with Crippen LogP contribution in [0.1, 0.15) is 41.6 Å². The molecule has 1 spiro atoms. The number of nitrogens with zero attached hydrogens (tertiary/aromatic N) is 5. The number of aromatic carboxylic acids is 1. The van der Waals surface area contributed by atoms with Crippen molar-refractivity contribution in [3.63, 3.8) is 0 Å². The maximum absolute atomic E-state index is 13.4. The fraction of sp³-hybridized carbons (Fsp3) is 0.224. The Kier molecular flexibility index (Phi) is 12.1. The number of carbonyl (C=O) groups excluding carboxylic acids is 3. The molecule has 66 heavy (non-hydrogen) atoms. The first kappa shape index (κ1) is 43.5.